The molecule has 0 spiro atoms. The molecule has 0 aliphatic rings. The first-order valence-electron chi connectivity index (χ1n) is 5.33. The molecule has 0 unspecified atom stereocenters. The van der Waals surface area contributed by atoms with Crippen LogP contribution in [-0.2, 0) is 0 Å². The molecule has 0 radical (unpaired) electrons. The number of nitrogens with one attached hydrogen (secondary N) is 1. The molecule has 3 N–H and O–H groups in total. The maximum atomic E-state index is 13.1. The number of anilines is 2. The number of hydrogen-bond donors (Lipinski definition) is 2. The fourth-order valence-corrected chi connectivity index (χ4v) is 1.46. The zero-order valence-electron chi connectivity index (χ0n) is 9.60. The predicted molar refractivity (Wildman–Crippen MR) is 63.4 cm³/mol. The lowest BCUT2D eigenvalue weighted by Gasteiger charge is -2.29. The van der Waals surface area contributed by atoms with Gasteiger partial charge in [-0.25, -0.2) is 4.39 Å². The summed E-state index contributed by atoms with van der Waals surface area (Å²) < 4.78 is 13.1. The van der Waals surface area contributed by atoms with E-state index in [1.807, 2.05) is 0 Å². The lowest BCUT2D eigenvalue weighted by atomic mass is 9.95. The summed E-state index contributed by atoms with van der Waals surface area (Å²) in [6.45, 7) is 6.34. The second kappa shape index (κ2) is 4.51. The molecule has 15 heavy (non-hydrogen) atoms. The number of hydrogen-bond acceptors (Lipinski definition) is 2. The third-order valence-electron chi connectivity index (χ3n) is 2.93. The van der Waals surface area contributed by atoms with E-state index in [-0.39, 0.29) is 11.4 Å². The van der Waals surface area contributed by atoms with Crippen LogP contribution in [0.3, 0.4) is 0 Å². The van der Waals surface area contributed by atoms with E-state index < -0.39 is 0 Å². The summed E-state index contributed by atoms with van der Waals surface area (Å²) in [6.07, 6.45) is 1.97. The minimum absolute atomic E-state index is 0.000231. The molecule has 0 saturated carbocycles. The zero-order valence-corrected chi connectivity index (χ0v) is 9.60. The highest BCUT2D eigenvalue weighted by molar-refractivity contribution is 5.55. The van der Waals surface area contributed by atoms with Gasteiger partial charge in [-0.3, -0.25) is 0 Å². The van der Waals surface area contributed by atoms with Crippen LogP contribution in [0.2, 0.25) is 0 Å². The van der Waals surface area contributed by atoms with Crippen LogP contribution in [0.1, 0.15) is 33.6 Å². The van der Waals surface area contributed by atoms with Gasteiger partial charge in [0.05, 0.1) is 0 Å². The second-order valence-electron chi connectivity index (χ2n) is 4.17. The van der Waals surface area contributed by atoms with Gasteiger partial charge in [-0.15, -0.1) is 0 Å². The molecule has 0 atom stereocenters. The van der Waals surface area contributed by atoms with Crippen molar-refractivity contribution in [2.45, 2.75) is 39.2 Å². The van der Waals surface area contributed by atoms with Gasteiger partial charge in [0.2, 0.25) is 0 Å². The van der Waals surface area contributed by atoms with E-state index in [2.05, 4.69) is 26.1 Å². The molecular weight excluding hydrogens is 191 g/mol. The highest BCUT2D eigenvalue weighted by Crippen LogP contribution is 2.23. The lowest BCUT2D eigenvalue weighted by Crippen LogP contribution is -2.32. The van der Waals surface area contributed by atoms with E-state index in [0.717, 1.165) is 18.5 Å². The molecule has 3 heteroatoms. The summed E-state index contributed by atoms with van der Waals surface area (Å²) in [7, 11) is 0. The van der Waals surface area contributed by atoms with Crippen molar-refractivity contribution in [3.63, 3.8) is 0 Å². The molecule has 84 valence electrons. The SMILES string of the molecule is CCC(C)(CC)Nc1cc(N)cc(F)c1. The van der Waals surface area contributed by atoms with E-state index in [4.69, 9.17) is 5.73 Å². The first-order valence-corrected chi connectivity index (χ1v) is 5.33. The van der Waals surface area contributed by atoms with Crippen LogP contribution < -0.4 is 11.1 Å². The molecule has 0 amide bonds. The second-order valence-corrected chi connectivity index (χ2v) is 4.17. The van der Waals surface area contributed by atoms with Gasteiger partial charge < -0.3 is 11.1 Å². The maximum absolute atomic E-state index is 13.1. The molecule has 0 aliphatic carbocycles. The third-order valence-corrected chi connectivity index (χ3v) is 2.93. The first-order chi connectivity index (χ1) is 6.99. The summed E-state index contributed by atoms with van der Waals surface area (Å²) in [5.41, 5.74) is 6.78. The topological polar surface area (TPSA) is 38.0 Å². The summed E-state index contributed by atoms with van der Waals surface area (Å²) in [6, 6.07) is 4.55. The summed E-state index contributed by atoms with van der Waals surface area (Å²) in [5.74, 6) is -0.299. The molecule has 0 aromatic heterocycles. The van der Waals surface area contributed by atoms with Crippen LogP contribution in [0.15, 0.2) is 18.2 Å². The van der Waals surface area contributed by atoms with Crippen LogP contribution in [0, 0.1) is 5.82 Å². The average Bonchev–Trinajstić information content (AvgIpc) is 2.16. The molecule has 0 heterocycles. The minimum Gasteiger partial charge on any atom is -0.399 e. The number of halogens is 1. The largest absolute Gasteiger partial charge is 0.399 e. The normalized spacial score (nSPS) is 11.5. The summed E-state index contributed by atoms with van der Waals surface area (Å²) in [5, 5.41) is 3.32. The highest BCUT2D eigenvalue weighted by Gasteiger charge is 2.19. The molecule has 0 saturated heterocycles. The van der Waals surface area contributed by atoms with Crippen molar-refractivity contribution < 1.29 is 4.39 Å². The molecule has 1 aromatic rings. The average molecular weight is 210 g/mol. The Hall–Kier alpha value is -1.25. The van der Waals surface area contributed by atoms with Gasteiger partial charge in [0, 0.05) is 16.9 Å². The van der Waals surface area contributed by atoms with Crippen molar-refractivity contribution >= 4 is 11.4 Å². The lowest BCUT2D eigenvalue weighted by molar-refractivity contribution is 0.478. The van der Waals surface area contributed by atoms with Crippen molar-refractivity contribution in [3.8, 4) is 0 Å². The number of rotatable bonds is 4. The standard InChI is InChI=1S/C12H19FN2/c1-4-12(3,5-2)15-11-7-9(13)6-10(14)8-11/h6-8,15H,4-5,14H2,1-3H3. The van der Waals surface area contributed by atoms with E-state index in [1.165, 1.54) is 12.1 Å². The quantitative estimate of drug-likeness (QED) is 0.747. The molecule has 1 aromatic carbocycles. The fourth-order valence-electron chi connectivity index (χ4n) is 1.46. The Morgan fingerprint density at radius 1 is 1.27 bits per heavy atom. The molecule has 0 bridgehead atoms. The summed E-state index contributed by atoms with van der Waals surface area (Å²) >= 11 is 0. The Kier molecular flexibility index (Phi) is 3.56. The van der Waals surface area contributed by atoms with Gasteiger partial charge in [0.1, 0.15) is 5.82 Å². The van der Waals surface area contributed by atoms with E-state index >= 15 is 0 Å². The molecule has 1 rings (SSSR count). The Morgan fingerprint density at radius 3 is 2.33 bits per heavy atom. The Balaban J connectivity index is 2.88. The van der Waals surface area contributed by atoms with Crippen LogP contribution in [-0.4, -0.2) is 5.54 Å². The van der Waals surface area contributed by atoms with Crippen molar-refractivity contribution in [2.24, 2.45) is 0 Å². The van der Waals surface area contributed by atoms with Crippen LogP contribution in [0.4, 0.5) is 15.8 Å². The van der Waals surface area contributed by atoms with Gasteiger partial charge >= 0.3 is 0 Å². The van der Waals surface area contributed by atoms with Crippen molar-refractivity contribution in [1.82, 2.24) is 0 Å². The third kappa shape index (κ3) is 3.11. The van der Waals surface area contributed by atoms with Crippen LogP contribution in [0.5, 0.6) is 0 Å². The minimum atomic E-state index is -0.299. The van der Waals surface area contributed by atoms with E-state index in [0.29, 0.717) is 5.69 Å². The van der Waals surface area contributed by atoms with Gasteiger partial charge in [0.25, 0.3) is 0 Å². The Morgan fingerprint density at radius 2 is 1.87 bits per heavy atom. The first kappa shape index (κ1) is 11.8. The van der Waals surface area contributed by atoms with Crippen molar-refractivity contribution in [1.29, 1.82) is 0 Å². The van der Waals surface area contributed by atoms with E-state index in [1.54, 1.807) is 6.07 Å². The molecule has 0 aliphatic heterocycles. The Labute approximate surface area is 90.7 Å². The van der Waals surface area contributed by atoms with E-state index in [9.17, 15) is 4.39 Å². The molecule has 0 fully saturated rings. The van der Waals surface area contributed by atoms with Gasteiger partial charge in [-0.1, -0.05) is 13.8 Å². The molecule has 2 nitrogen and oxygen atoms in total. The number of nitrogen functional groups attached to an aromatic ring is 1. The van der Waals surface area contributed by atoms with Gasteiger partial charge in [0.15, 0.2) is 0 Å². The van der Waals surface area contributed by atoms with Crippen LogP contribution >= 0.6 is 0 Å². The van der Waals surface area contributed by atoms with Crippen molar-refractivity contribution in [2.75, 3.05) is 11.1 Å². The zero-order chi connectivity index (χ0) is 11.5. The smallest absolute Gasteiger partial charge is 0.127 e. The number of benzene rings is 1. The molecular formula is C12H19FN2. The van der Waals surface area contributed by atoms with Gasteiger partial charge in [-0.2, -0.15) is 0 Å². The summed E-state index contributed by atoms with van der Waals surface area (Å²) in [4.78, 5) is 0. The monoisotopic (exact) mass is 210 g/mol. The van der Waals surface area contributed by atoms with Crippen molar-refractivity contribution in [3.05, 3.63) is 24.0 Å². The maximum Gasteiger partial charge on any atom is 0.127 e. The Bertz CT molecular complexity index is 312. The predicted octanol–water partition coefficient (Wildman–Crippen LogP) is 3.40. The number of nitrogens with two attached hydrogens (primary N) is 1. The highest BCUT2D eigenvalue weighted by atomic mass is 19.1. The fraction of sp³-hybridized carbons (Fsp3) is 0.500. The van der Waals surface area contributed by atoms with Gasteiger partial charge in [-0.05, 0) is 38.0 Å². The van der Waals surface area contributed by atoms with Crippen LogP contribution in [0.25, 0.3) is 0 Å².